The third kappa shape index (κ3) is 2.09. The van der Waals surface area contributed by atoms with Gasteiger partial charge in [-0.2, -0.15) is 0 Å². The van der Waals surface area contributed by atoms with Gasteiger partial charge in [-0.05, 0) is 24.3 Å². The molecule has 22 heavy (non-hydrogen) atoms. The molecule has 110 valence electrons. The number of anilines is 1. The molecule has 0 aliphatic carbocycles. The maximum atomic E-state index is 13.6. The highest BCUT2D eigenvalue weighted by Gasteiger charge is 2.22. The van der Waals surface area contributed by atoms with Crippen LogP contribution in [-0.4, -0.2) is 27.7 Å². The molecule has 1 aromatic carbocycles. The summed E-state index contributed by atoms with van der Waals surface area (Å²) in [6, 6.07) is 10.3. The second-order valence-corrected chi connectivity index (χ2v) is 5.05. The predicted octanol–water partition coefficient (Wildman–Crippen LogP) is 2.72. The first-order valence-corrected chi connectivity index (χ1v) is 7.10. The molecular formula is C16H14FN5. The van der Waals surface area contributed by atoms with Crippen LogP contribution in [0.3, 0.4) is 0 Å². The van der Waals surface area contributed by atoms with Crippen LogP contribution in [0.2, 0.25) is 0 Å². The number of pyridine rings is 1. The van der Waals surface area contributed by atoms with Gasteiger partial charge in [0.15, 0.2) is 0 Å². The van der Waals surface area contributed by atoms with E-state index < -0.39 is 0 Å². The van der Waals surface area contributed by atoms with E-state index in [2.05, 4.69) is 20.7 Å². The topological polar surface area (TPSA) is 54.8 Å². The Morgan fingerprint density at radius 1 is 1.05 bits per heavy atom. The smallest absolute Gasteiger partial charge is 0.223 e. The minimum absolute atomic E-state index is 0.273. The summed E-state index contributed by atoms with van der Waals surface area (Å²) in [5, 5.41) is 3.26. The number of aromatic nitrogens is 3. The average molecular weight is 295 g/mol. The Morgan fingerprint density at radius 2 is 1.91 bits per heavy atom. The van der Waals surface area contributed by atoms with Gasteiger partial charge in [0.1, 0.15) is 11.5 Å². The van der Waals surface area contributed by atoms with E-state index in [-0.39, 0.29) is 5.82 Å². The lowest BCUT2D eigenvalue weighted by Crippen LogP contribution is -2.30. The molecule has 0 radical (unpaired) electrons. The fourth-order valence-corrected chi connectivity index (χ4v) is 2.65. The van der Waals surface area contributed by atoms with Crippen LogP contribution >= 0.6 is 0 Å². The molecule has 0 bridgehead atoms. The molecule has 0 saturated carbocycles. The molecule has 5 nitrogen and oxygen atoms in total. The monoisotopic (exact) mass is 295 g/mol. The fourth-order valence-electron chi connectivity index (χ4n) is 2.65. The third-order valence-corrected chi connectivity index (χ3v) is 3.61. The molecule has 0 fully saturated rings. The largest absolute Gasteiger partial charge is 0.352 e. The Hall–Kier alpha value is -2.89. The minimum atomic E-state index is -0.273. The zero-order chi connectivity index (χ0) is 14.9. The summed E-state index contributed by atoms with van der Waals surface area (Å²) in [5.74, 6) is 0.461. The van der Waals surface area contributed by atoms with Gasteiger partial charge in [0, 0.05) is 36.6 Å². The van der Waals surface area contributed by atoms with Crippen LogP contribution < -0.4 is 10.7 Å². The molecule has 2 aromatic heterocycles. The summed E-state index contributed by atoms with van der Waals surface area (Å²) in [4.78, 5) is 8.70. The number of benzene rings is 1. The number of nitrogens with one attached hydrogen (secondary N) is 2. The molecule has 1 aliphatic heterocycles. The van der Waals surface area contributed by atoms with E-state index in [9.17, 15) is 4.39 Å². The van der Waals surface area contributed by atoms with E-state index in [1.165, 1.54) is 12.1 Å². The van der Waals surface area contributed by atoms with Crippen LogP contribution in [0.25, 0.3) is 22.5 Å². The van der Waals surface area contributed by atoms with Crippen molar-refractivity contribution in [2.24, 2.45) is 0 Å². The van der Waals surface area contributed by atoms with Gasteiger partial charge in [-0.3, -0.25) is 4.98 Å². The number of halogens is 1. The number of nitrogens with zero attached hydrogens (tertiary/aromatic N) is 3. The zero-order valence-electron chi connectivity index (χ0n) is 11.8. The molecule has 0 amide bonds. The Bertz CT molecular complexity index is 813. The Balaban J connectivity index is 1.96. The summed E-state index contributed by atoms with van der Waals surface area (Å²) in [6.07, 6.45) is 3.47. The highest BCUT2D eigenvalue weighted by atomic mass is 19.1. The Kier molecular flexibility index (Phi) is 3.00. The van der Waals surface area contributed by atoms with Crippen molar-refractivity contribution in [2.75, 3.05) is 23.8 Å². The summed E-state index contributed by atoms with van der Waals surface area (Å²) in [6.45, 7) is 1.60. The Labute approximate surface area is 126 Å². The van der Waals surface area contributed by atoms with Crippen molar-refractivity contribution < 1.29 is 4.39 Å². The zero-order valence-corrected chi connectivity index (χ0v) is 11.8. The molecule has 1 aliphatic rings. The summed E-state index contributed by atoms with van der Waals surface area (Å²) >= 11 is 0. The standard InChI is InChI=1S/C16H14FN5/c17-13-3-1-2-12(10-13)14-15(11-4-6-18-7-5-11)22-16(21-14)19-8-9-20-22/h1-7,10,20H,8-9H2,(H,19,21). The van der Waals surface area contributed by atoms with Crippen molar-refractivity contribution in [3.8, 4) is 22.5 Å². The van der Waals surface area contributed by atoms with Crippen molar-refractivity contribution in [2.45, 2.75) is 0 Å². The van der Waals surface area contributed by atoms with Gasteiger partial charge in [-0.15, -0.1) is 0 Å². The van der Waals surface area contributed by atoms with Crippen LogP contribution in [0, 0.1) is 5.82 Å². The number of imidazole rings is 1. The lowest BCUT2D eigenvalue weighted by molar-refractivity contribution is 0.628. The van der Waals surface area contributed by atoms with Gasteiger partial charge in [0.25, 0.3) is 0 Å². The van der Waals surface area contributed by atoms with Gasteiger partial charge < -0.3 is 10.7 Å². The van der Waals surface area contributed by atoms with Crippen molar-refractivity contribution in [3.05, 3.63) is 54.6 Å². The van der Waals surface area contributed by atoms with Crippen LogP contribution in [0.4, 0.5) is 10.3 Å². The lowest BCUT2D eigenvalue weighted by atomic mass is 10.1. The molecule has 4 rings (SSSR count). The molecule has 0 atom stereocenters. The van der Waals surface area contributed by atoms with Crippen molar-refractivity contribution in [1.29, 1.82) is 0 Å². The first-order chi connectivity index (χ1) is 10.8. The van der Waals surface area contributed by atoms with Gasteiger partial charge in [-0.1, -0.05) is 12.1 Å². The summed E-state index contributed by atoms with van der Waals surface area (Å²) < 4.78 is 15.5. The van der Waals surface area contributed by atoms with E-state index in [0.717, 1.165) is 41.6 Å². The van der Waals surface area contributed by atoms with E-state index in [0.29, 0.717) is 0 Å². The molecule has 0 saturated heterocycles. The quantitative estimate of drug-likeness (QED) is 0.763. The molecule has 3 heterocycles. The maximum absolute atomic E-state index is 13.6. The molecule has 3 aromatic rings. The molecule has 2 N–H and O–H groups in total. The fraction of sp³-hybridized carbons (Fsp3) is 0.125. The minimum Gasteiger partial charge on any atom is -0.352 e. The number of hydrogen-bond donors (Lipinski definition) is 2. The van der Waals surface area contributed by atoms with Crippen LogP contribution in [-0.2, 0) is 0 Å². The van der Waals surface area contributed by atoms with Gasteiger partial charge >= 0.3 is 0 Å². The second-order valence-electron chi connectivity index (χ2n) is 5.05. The predicted molar refractivity (Wildman–Crippen MR) is 83.6 cm³/mol. The molecule has 0 unspecified atom stereocenters. The van der Waals surface area contributed by atoms with E-state index in [4.69, 9.17) is 0 Å². The van der Waals surface area contributed by atoms with Gasteiger partial charge in [0.2, 0.25) is 5.95 Å². The van der Waals surface area contributed by atoms with Crippen LogP contribution in [0.15, 0.2) is 48.8 Å². The highest BCUT2D eigenvalue weighted by molar-refractivity contribution is 5.81. The number of rotatable bonds is 2. The van der Waals surface area contributed by atoms with Gasteiger partial charge in [0.05, 0.1) is 5.69 Å². The first kappa shape index (κ1) is 12.8. The van der Waals surface area contributed by atoms with Crippen molar-refractivity contribution >= 4 is 5.95 Å². The normalized spacial score (nSPS) is 13.1. The SMILES string of the molecule is Fc1cccc(-c2nc3n(c2-c2ccncc2)NCCN3)c1. The first-order valence-electron chi connectivity index (χ1n) is 7.10. The highest BCUT2D eigenvalue weighted by Crippen LogP contribution is 2.34. The van der Waals surface area contributed by atoms with Crippen LogP contribution in [0.5, 0.6) is 0 Å². The van der Waals surface area contributed by atoms with Crippen molar-refractivity contribution in [3.63, 3.8) is 0 Å². The second kappa shape index (κ2) is 5.14. The van der Waals surface area contributed by atoms with E-state index in [1.54, 1.807) is 18.5 Å². The Morgan fingerprint density at radius 3 is 2.73 bits per heavy atom. The van der Waals surface area contributed by atoms with Crippen molar-refractivity contribution in [1.82, 2.24) is 14.6 Å². The van der Waals surface area contributed by atoms with E-state index >= 15 is 0 Å². The molecular weight excluding hydrogens is 281 g/mol. The number of fused-ring (bicyclic) bond motifs is 1. The van der Waals surface area contributed by atoms with Gasteiger partial charge in [-0.25, -0.2) is 14.1 Å². The lowest BCUT2D eigenvalue weighted by Gasteiger charge is -2.20. The molecule has 0 spiro atoms. The third-order valence-electron chi connectivity index (χ3n) is 3.61. The van der Waals surface area contributed by atoms with E-state index in [1.807, 2.05) is 22.9 Å². The molecule has 6 heteroatoms. The average Bonchev–Trinajstić information content (AvgIpc) is 2.95. The summed E-state index contributed by atoms with van der Waals surface area (Å²) in [5.41, 5.74) is 6.67. The maximum Gasteiger partial charge on any atom is 0.223 e. The van der Waals surface area contributed by atoms with Crippen LogP contribution in [0.1, 0.15) is 0 Å². The summed E-state index contributed by atoms with van der Waals surface area (Å²) in [7, 11) is 0. The number of hydrogen-bond acceptors (Lipinski definition) is 4.